The van der Waals surface area contributed by atoms with Crippen molar-refractivity contribution in [3.63, 3.8) is 0 Å². The minimum atomic E-state index is 0.0560. The molecule has 5 heteroatoms. The van der Waals surface area contributed by atoms with E-state index < -0.39 is 0 Å². The van der Waals surface area contributed by atoms with Gasteiger partial charge in [0.1, 0.15) is 18.8 Å². The van der Waals surface area contributed by atoms with Crippen LogP contribution in [0.4, 0.5) is 0 Å². The highest BCUT2D eigenvalue weighted by atomic mass is 16.5. The number of ether oxygens (including phenoxy) is 2. The van der Waals surface area contributed by atoms with Crippen LogP contribution in [-0.4, -0.2) is 49.3 Å². The molecule has 17 heavy (non-hydrogen) atoms. The predicted molar refractivity (Wildman–Crippen MR) is 61.7 cm³/mol. The normalized spacial score (nSPS) is 20.8. The summed E-state index contributed by atoms with van der Waals surface area (Å²) in [7, 11) is 2.06. The molecule has 0 radical (unpaired) electrons. The summed E-state index contributed by atoms with van der Waals surface area (Å²) < 4.78 is 11.2. The minimum Gasteiger partial charge on any atom is -0.488 e. The molecule has 1 aromatic rings. The molecule has 0 spiro atoms. The summed E-state index contributed by atoms with van der Waals surface area (Å²) in [6.07, 6.45) is 1.64. The summed E-state index contributed by atoms with van der Waals surface area (Å²) in [5, 5.41) is 8.87. The van der Waals surface area contributed by atoms with E-state index in [-0.39, 0.29) is 6.10 Å². The maximum atomic E-state index is 8.87. The summed E-state index contributed by atoms with van der Waals surface area (Å²) in [6, 6.07) is 5.51. The number of nitrogens with zero attached hydrogens (tertiary/aromatic N) is 3. The molecule has 2 rings (SSSR count). The molecular weight excluding hydrogens is 218 g/mol. The van der Waals surface area contributed by atoms with Gasteiger partial charge in [-0.05, 0) is 19.2 Å². The number of morpholine rings is 1. The van der Waals surface area contributed by atoms with Crippen LogP contribution in [0.15, 0.2) is 18.3 Å². The highest BCUT2D eigenvalue weighted by Crippen LogP contribution is 2.15. The van der Waals surface area contributed by atoms with E-state index in [1.165, 1.54) is 0 Å². The first-order chi connectivity index (χ1) is 8.29. The molecule has 0 saturated carbocycles. The number of rotatable bonds is 3. The Labute approximate surface area is 101 Å². The van der Waals surface area contributed by atoms with Gasteiger partial charge in [0.25, 0.3) is 0 Å². The molecular formula is C12H15N3O2. The number of pyridine rings is 1. The van der Waals surface area contributed by atoms with Gasteiger partial charge in [-0.1, -0.05) is 0 Å². The van der Waals surface area contributed by atoms with E-state index in [0.717, 1.165) is 19.7 Å². The van der Waals surface area contributed by atoms with Crippen LogP contribution in [0, 0.1) is 11.3 Å². The minimum absolute atomic E-state index is 0.0560. The smallest absolute Gasteiger partial charge is 0.182 e. The molecule has 2 heterocycles. The molecule has 0 amide bonds. The maximum Gasteiger partial charge on any atom is 0.182 e. The van der Waals surface area contributed by atoms with Crippen molar-refractivity contribution < 1.29 is 9.47 Å². The Hall–Kier alpha value is -1.64. The lowest BCUT2D eigenvalue weighted by atomic mass is 10.3. The van der Waals surface area contributed by atoms with E-state index >= 15 is 0 Å². The molecule has 1 saturated heterocycles. The number of hydrogen-bond donors (Lipinski definition) is 0. The lowest BCUT2D eigenvalue weighted by Crippen LogP contribution is -2.42. The lowest BCUT2D eigenvalue weighted by Gasteiger charge is -2.29. The Morgan fingerprint density at radius 3 is 3.35 bits per heavy atom. The average molecular weight is 233 g/mol. The molecule has 0 bridgehead atoms. The Kier molecular flexibility index (Phi) is 3.91. The van der Waals surface area contributed by atoms with Gasteiger partial charge in [0.15, 0.2) is 11.4 Å². The van der Waals surface area contributed by atoms with Crippen LogP contribution in [0.3, 0.4) is 0 Å². The zero-order valence-corrected chi connectivity index (χ0v) is 9.80. The van der Waals surface area contributed by atoms with Crippen molar-refractivity contribution in [2.24, 2.45) is 0 Å². The van der Waals surface area contributed by atoms with Gasteiger partial charge in [0.05, 0.1) is 6.61 Å². The fourth-order valence-electron chi connectivity index (χ4n) is 1.74. The standard InChI is InChI=1S/C12H15N3O2/c1-15-5-6-16-10(8-15)9-17-12-3-2-4-14-11(12)7-13/h2-4,10H,5-6,8-9H2,1H3. The van der Waals surface area contributed by atoms with Crippen molar-refractivity contribution in [2.75, 3.05) is 33.4 Å². The summed E-state index contributed by atoms with van der Waals surface area (Å²) in [6.45, 7) is 2.97. The van der Waals surface area contributed by atoms with Gasteiger partial charge in [-0.3, -0.25) is 0 Å². The largest absolute Gasteiger partial charge is 0.488 e. The first kappa shape index (κ1) is 11.8. The molecule has 1 fully saturated rings. The van der Waals surface area contributed by atoms with E-state index in [9.17, 15) is 0 Å². The lowest BCUT2D eigenvalue weighted by molar-refractivity contribution is -0.0404. The summed E-state index contributed by atoms with van der Waals surface area (Å²) in [5.74, 6) is 0.520. The van der Waals surface area contributed by atoms with Gasteiger partial charge < -0.3 is 14.4 Å². The second-order valence-electron chi connectivity index (χ2n) is 4.03. The molecule has 0 N–H and O–H groups in total. The van der Waals surface area contributed by atoms with Crippen LogP contribution in [0.25, 0.3) is 0 Å². The van der Waals surface area contributed by atoms with E-state index in [1.54, 1.807) is 18.3 Å². The van der Waals surface area contributed by atoms with E-state index in [4.69, 9.17) is 14.7 Å². The fourth-order valence-corrected chi connectivity index (χ4v) is 1.74. The van der Waals surface area contributed by atoms with Gasteiger partial charge in [-0.15, -0.1) is 0 Å². The zero-order valence-electron chi connectivity index (χ0n) is 9.80. The molecule has 1 atom stereocenters. The number of hydrogen-bond acceptors (Lipinski definition) is 5. The van der Waals surface area contributed by atoms with Crippen molar-refractivity contribution >= 4 is 0 Å². The molecule has 1 aliphatic heterocycles. The number of aromatic nitrogens is 1. The van der Waals surface area contributed by atoms with Crippen LogP contribution in [0.1, 0.15) is 5.69 Å². The molecule has 5 nitrogen and oxygen atoms in total. The first-order valence-electron chi connectivity index (χ1n) is 5.57. The first-order valence-corrected chi connectivity index (χ1v) is 5.57. The Bertz CT molecular complexity index is 416. The van der Waals surface area contributed by atoms with Crippen molar-refractivity contribution in [1.82, 2.24) is 9.88 Å². The molecule has 0 aromatic carbocycles. The van der Waals surface area contributed by atoms with Crippen LogP contribution in [-0.2, 0) is 4.74 Å². The van der Waals surface area contributed by atoms with Crippen molar-refractivity contribution in [3.8, 4) is 11.8 Å². The third-order valence-corrected chi connectivity index (χ3v) is 2.64. The highest BCUT2D eigenvalue weighted by molar-refractivity contribution is 5.36. The van der Waals surface area contributed by atoms with Gasteiger partial charge in [0.2, 0.25) is 0 Å². The molecule has 1 aliphatic rings. The van der Waals surface area contributed by atoms with Crippen LogP contribution < -0.4 is 4.74 Å². The van der Waals surface area contributed by atoms with Crippen molar-refractivity contribution in [1.29, 1.82) is 5.26 Å². The number of nitriles is 1. The van der Waals surface area contributed by atoms with E-state index in [2.05, 4.69) is 16.9 Å². The van der Waals surface area contributed by atoms with Crippen LogP contribution >= 0.6 is 0 Å². The van der Waals surface area contributed by atoms with Crippen molar-refractivity contribution in [3.05, 3.63) is 24.0 Å². The SMILES string of the molecule is CN1CCOC(COc2cccnc2C#N)C1. The Balaban J connectivity index is 1.91. The Morgan fingerprint density at radius 1 is 1.71 bits per heavy atom. The zero-order chi connectivity index (χ0) is 12.1. The Morgan fingerprint density at radius 2 is 2.59 bits per heavy atom. The van der Waals surface area contributed by atoms with E-state index in [0.29, 0.717) is 18.1 Å². The van der Waals surface area contributed by atoms with Gasteiger partial charge in [-0.2, -0.15) is 5.26 Å². The average Bonchev–Trinajstić information content (AvgIpc) is 2.37. The van der Waals surface area contributed by atoms with Gasteiger partial charge >= 0.3 is 0 Å². The topological polar surface area (TPSA) is 58.4 Å². The molecule has 0 aliphatic carbocycles. The summed E-state index contributed by atoms with van der Waals surface area (Å²) in [4.78, 5) is 6.14. The molecule has 1 unspecified atom stereocenters. The maximum absolute atomic E-state index is 8.87. The third kappa shape index (κ3) is 3.16. The third-order valence-electron chi connectivity index (χ3n) is 2.64. The van der Waals surface area contributed by atoms with E-state index in [1.807, 2.05) is 6.07 Å². The fraction of sp³-hybridized carbons (Fsp3) is 0.500. The monoisotopic (exact) mass is 233 g/mol. The van der Waals surface area contributed by atoms with Crippen LogP contribution in [0.2, 0.25) is 0 Å². The predicted octanol–water partition coefficient (Wildman–Crippen LogP) is 0.663. The second-order valence-corrected chi connectivity index (χ2v) is 4.03. The highest BCUT2D eigenvalue weighted by Gasteiger charge is 2.18. The second kappa shape index (κ2) is 5.62. The van der Waals surface area contributed by atoms with Crippen LogP contribution in [0.5, 0.6) is 5.75 Å². The van der Waals surface area contributed by atoms with Gasteiger partial charge in [-0.25, -0.2) is 4.98 Å². The summed E-state index contributed by atoms with van der Waals surface area (Å²) >= 11 is 0. The number of likely N-dealkylation sites (N-methyl/N-ethyl adjacent to an activating group) is 1. The molecule has 1 aromatic heterocycles. The van der Waals surface area contributed by atoms with Gasteiger partial charge in [0, 0.05) is 19.3 Å². The van der Waals surface area contributed by atoms with Crippen molar-refractivity contribution in [2.45, 2.75) is 6.10 Å². The summed E-state index contributed by atoms with van der Waals surface area (Å²) in [5.41, 5.74) is 0.316. The quantitative estimate of drug-likeness (QED) is 0.767. The molecule has 90 valence electrons.